The molecule has 0 saturated heterocycles. The standard InChI is InChI=1S/C7H12ClNO/c1-5(2)7(8)6(10)3-4-9/h5-7,10H,3H2,1-2H3/t6-,7+/m0/s1. The third-order valence-electron chi connectivity index (χ3n) is 1.30. The average molecular weight is 162 g/mol. The highest BCUT2D eigenvalue weighted by Gasteiger charge is 2.18. The predicted molar refractivity (Wildman–Crippen MR) is 40.7 cm³/mol. The number of nitriles is 1. The summed E-state index contributed by atoms with van der Waals surface area (Å²) in [6, 6.07) is 1.87. The van der Waals surface area contributed by atoms with E-state index >= 15 is 0 Å². The van der Waals surface area contributed by atoms with Gasteiger partial charge < -0.3 is 5.11 Å². The van der Waals surface area contributed by atoms with Crippen molar-refractivity contribution in [3.05, 3.63) is 0 Å². The van der Waals surface area contributed by atoms with E-state index in [1.54, 1.807) is 0 Å². The van der Waals surface area contributed by atoms with E-state index in [0.717, 1.165) is 0 Å². The van der Waals surface area contributed by atoms with Crippen molar-refractivity contribution in [2.24, 2.45) is 5.92 Å². The van der Waals surface area contributed by atoms with Crippen LogP contribution in [0.15, 0.2) is 0 Å². The summed E-state index contributed by atoms with van der Waals surface area (Å²) in [5.41, 5.74) is 0. The van der Waals surface area contributed by atoms with Crippen molar-refractivity contribution in [2.45, 2.75) is 31.7 Å². The van der Waals surface area contributed by atoms with Gasteiger partial charge in [-0.3, -0.25) is 0 Å². The SMILES string of the molecule is CC(C)[C@@H](Cl)[C@@H](O)CC#N. The summed E-state index contributed by atoms with van der Waals surface area (Å²) in [6.45, 7) is 3.83. The van der Waals surface area contributed by atoms with Crippen molar-refractivity contribution in [1.82, 2.24) is 0 Å². The molecule has 0 aromatic heterocycles. The van der Waals surface area contributed by atoms with E-state index in [9.17, 15) is 0 Å². The number of hydrogen-bond acceptors (Lipinski definition) is 2. The van der Waals surface area contributed by atoms with Crippen LogP contribution in [0, 0.1) is 17.2 Å². The topological polar surface area (TPSA) is 44.0 Å². The van der Waals surface area contributed by atoms with Crippen molar-refractivity contribution in [2.75, 3.05) is 0 Å². The molecule has 0 aromatic rings. The summed E-state index contributed by atoms with van der Waals surface area (Å²) < 4.78 is 0. The molecule has 2 nitrogen and oxygen atoms in total. The number of halogens is 1. The van der Waals surface area contributed by atoms with Crippen LogP contribution < -0.4 is 0 Å². The van der Waals surface area contributed by atoms with Crippen LogP contribution in [0.2, 0.25) is 0 Å². The van der Waals surface area contributed by atoms with E-state index in [4.69, 9.17) is 22.0 Å². The number of aliphatic hydroxyl groups excluding tert-OH is 1. The maximum Gasteiger partial charge on any atom is 0.0835 e. The molecule has 3 heteroatoms. The first-order valence-electron chi connectivity index (χ1n) is 3.28. The fourth-order valence-corrected chi connectivity index (χ4v) is 0.739. The fraction of sp³-hybridized carbons (Fsp3) is 0.857. The number of hydrogen-bond donors (Lipinski definition) is 1. The highest BCUT2D eigenvalue weighted by atomic mass is 35.5. The van der Waals surface area contributed by atoms with Crippen LogP contribution in [0.5, 0.6) is 0 Å². The second kappa shape index (κ2) is 4.54. The van der Waals surface area contributed by atoms with Crippen LogP contribution in [0.3, 0.4) is 0 Å². The summed E-state index contributed by atoms with van der Waals surface area (Å²) in [4.78, 5) is 0. The molecule has 2 atom stereocenters. The second-order valence-electron chi connectivity index (χ2n) is 2.62. The molecule has 0 saturated carbocycles. The fourth-order valence-electron chi connectivity index (χ4n) is 0.650. The quantitative estimate of drug-likeness (QED) is 0.638. The molecule has 0 heterocycles. The normalized spacial score (nSPS) is 16.4. The Labute approximate surface area is 66.4 Å². The van der Waals surface area contributed by atoms with Gasteiger partial charge in [0.1, 0.15) is 0 Å². The lowest BCUT2D eigenvalue weighted by Crippen LogP contribution is -2.25. The van der Waals surface area contributed by atoms with Gasteiger partial charge in [-0.1, -0.05) is 13.8 Å². The molecule has 1 N–H and O–H groups in total. The van der Waals surface area contributed by atoms with Crippen LogP contribution in [0.25, 0.3) is 0 Å². The van der Waals surface area contributed by atoms with Gasteiger partial charge in [0.15, 0.2) is 0 Å². The molecular formula is C7H12ClNO. The van der Waals surface area contributed by atoms with Crippen molar-refractivity contribution < 1.29 is 5.11 Å². The van der Waals surface area contributed by atoms with E-state index in [1.165, 1.54) is 0 Å². The second-order valence-corrected chi connectivity index (χ2v) is 3.12. The lowest BCUT2D eigenvalue weighted by molar-refractivity contribution is 0.158. The first-order valence-corrected chi connectivity index (χ1v) is 3.72. The molecule has 0 aliphatic heterocycles. The summed E-state index contributed by atoms with van der Waals surface area (Å²) >= 11 is 5.74. The van der Waals surface area contributed by atoms with E-state index in [-0.39, 0.29) is 17.7 Å². The minimum Gasteiger partial charge on any atom is -0.391 e. The first-order chi connectivity index (χ1) is 4.59. The van der Waals surface area contributed by atoms with E-state index in [2.05, 4.69) is 0 Å². The largest absolute Gasteiger partial charge is 0.391 e. The summed E-state index contributed by atoms with van der Waals surface area (Å²) in [5.74, 6) is 0.213. The van der Waals surface area contributed by atoms with Gasteiger partial charge in [0.25, 0.3) is 0 Å². The summed E-state index contributed by atoms with van der Waals surface area (Å²) in [7, 11) is 0. The molecule has 0 bridgehead atoms. The highest BCUT2D eigenvalue weighted by molar-refractivity contribution is 6.21. The highest BCUT2D eigenvalue weighted by Crippen LogP contribution is 2.15. The lowest BCUT2D eigenvalue weighted by atomic mass is 10.0. The molecule has 0 aliphatic carbocycles. The van der Waals surface area contributed by atoms with Crippen molar-refractivity contribution in [3.8, 4) is 6.07 Å². The molecule has 0 rings (SSSR count). The maximum absolute atomic E-state index is 9.13. The predicted octanol–water partition coefficient (Wildman–Crippen LogP) is 1.52. The molecule has 58 valence electrons. The van der Waals surface area contributed by atoms with Crippen LogP contribution in [-0.4, -0.2) is 16.6 Å². The van der Waals surface area contributed by atoms with Gasteiger partial charge in [-0.25, -0.2) is 0 Å². The monoisotopic (exact) mass is 161 g/mol. The molecule has 0 spiro atoms. The van der Waals surface area contributed by atoms with Crippen molar-refractivity contribution >= 4 is 11.6 Å². The Morgan fingerprint density at radius 1 is 1.60 bits per heavy atom. The molecule has 0 amide bonds. The van der Waals surface area contributed by atoms with Gasteiger partial charge in [-0.2, -0.15) is 5.26 Å². The van der Waals surface area contributed by atoms with Crippen LogP contribution in [-0.2, 0) is 0 Å². The van der Waals surface area contributed by atoms with Gasteiger partial charge in [-0.15, -0.1) is 11.6 Å². The minimum absolute atomic E-state index is 0.117. The van der Waals surface area contributed by atoms with E-state index < -0.39 is 6.10 Å². The zero-order chi connectivity index (χ0) is 8.15. The Bertz CT molecular complexity index is 130. The maximum atomic E-state index is 9.13. The molecular weight excluding hydrogens is 150 g/mol. The van der Waals surface area contributed by atoms with Gasteiger partial charge in [0.05, 0.1) is 24.0 Å². The Morgan fingerprint density at radius 2 is 2.10 bits per heavy atom. The molecule has 0 aliphatic rings. The Kier molecular flexibility index (Phi) is 4.42. The van der Waals surface area contributed by atoms with Gasteiger partial charge in [0.2, 0.25) is 0 Å². The van der Waals surface area contributed by atoms with Crippen LogP contribution >= 0.6 is 11.6 Å². The van der Waals surface area contributed by atoms with Gasteiger partial charge in [0, 0.05) is 0 Å². The number of aliphatic hydroxyl groups is 1. The summed E-state index contributed by atoms with van der Waals surface area (Å²) in [5, 5.41) is 17.0. The number of alkyl halides is 1. The van der Waals surface area contributed by atoms with Crippen LogP contribution in [0.4, 0.5) is 0 Å². The van der Waals surface area contributed by atoms with E-state index in [1.807, 2.05) is 19.9 Å². The Morgan fingerprint density at radius 3 is 2.40 bits per heavy atom. The third-order valence-corrected chi connectivity index (χ3v) is 2.10. The molecule has 0 unspecified atom stereocenters. The zero-order valence-corrected chi connectivity index (χ0v) is 6.97. The Balaban J connectivity index is 3.72. The van der Waals surface area contributed by atoms with Crippen molar-refractivity contribution in [3.63, 3.8) is 0 Å². The average Bonchev–Trinajstić information content (AvgIpc) is 1.87. The molecule has 10 heavy (non-hydrogen) atoms. The first kappa shape index (κ1) is 9.74. The smallest absolute Gasteiger partial charge is 0.0835 e. The van der Waals surface area contributed by atoms with E-state index in [0.29, 0.717) is 0 Å². The Hall–Kier alpha value is -0.260. The number of rotatable bonds is 3. The van der Waals surface area contributed by atoms with Gasteiger partial charge in [-0.05, 0) is 5.92 Å². The van der Waals surface area contributed by atoms with Gasteiger partial charge >= 0.3 is 0 Å². The van der Waals surface area contributed by atoms with Crippen LogP contribution in [0.1, 0.15) is 20.3 Å². The number of nitrogens with zero attached hydrogens (tertiary/aromatic N) is 1. The summed E-state index contributed by atoms with van der Waals surface area (Å²) in [6.07, 6.45) is -0.571. The molecule has 0 radical (unpaired) electrons. The van der Waals surface area contributed by atoms with Crippen molar-refractivity contribution in [1.29, 1.82) is 5.26 Å². The minimum atomic E-state index is -0.688. The molecule has 0 aromatic carbocycles. The molecule has 0 fully saturated rings. The zero-order valence-electron chi connectivity index (χ0n) is 6.21. The third kappa shape index (κ3) is 3.05. The lowest BCUT2D eigenvalue weighted by Gasteiger charge is -2.16.